The fourth-order valence-electron chi connectivity index (χ4n) is 2.75. The van der Waals surface area contributed by atoms with E-state index < -0.39 is 6.09 Å². The van der Waals surface area contributed by atoms with Crippen LogP contribution in [0.15, 0.2) is 48.7 Å². The Bertz CT molecular complexity index is 802. The number of halogens is 1. The number of allylic oxidation sites excluding steroid dienone is 1. The maximum Gasteiger partial charge on any atom is 0.414 e. The number of para-hydroxylation sites is 1. The molecule has 0 fully saturated rings. The van der Waals surface area contributed by atoms with E-state index in [1.54, 1.807) is 13.1 Å². The van der Waals surface area contributed by atoms with E-state index in [2.05, 4.69) is 5.32 Å². The Kier molecular flexibility index (Phi) is 4.51. The van der Waals surface area contributed by atoms with E-state index >= 15 is 0 Å². The summed E-state index contributed by atoms with van der Waals surface area (Å²) < 4.78 is 19.7. The number of rotatable bonds is 4. The summed E-state index contributed by atoms with van der Waals surface area (Å²) in [5, 5.41) is 2.93. The van der Waals surface area contributed by atoms with Crippen LogP contribution in [0.25, 0.3) is 5.57 Å². The van der Waals surface area contributed by atoms with Gasteiger partial charge in [-0.1, -0.05) is 30.3 Å². The summed E-state index contributed by atoms with van der Waals surface area (Å²) in [6.45, 7) is 2.29. The first-order valence-electron chi connectivity index (χ1n) is 7.75. The van der Waals surface area contributed by atoms with Crippen LogP contribution in [0, 0.1) is 5.82 Å². The van der Waals surface area contributed by atoms with Crippen molar-refractivity contribution in [3.8, 4) is 0 Å². The molecule has 1 amide bonds. The molecule has 0 radical (unpaired) electrons. The van der Waals surface area contributed by atoms with Gasteiger partial charge in [0.05, 0.1) is 12.2 Å². The zero-order valence-corrected chi connectivity index (χ0v) is 13.7. The minimum atomic E-state index is -0.455. The van der Waals surface area contributed by atoms with Crippen molar-refractivity contribution in [1.82, 2.24) is 5.32 Å². The Morgan fingerprint density at radius 3 is 2.88 bits per heavy atom. The monoisotopic (exact) mass is 326 g/mol. The van der Waals surface area contributed by atoms with Crippen molar-refractivity contribution in [2.24, 2.45) is 0 Å². The Labute approximate surface area is 140 Å². The van der Waals surface area contributed by atoms with Gasteiger partial charge >= 0.3 is 6.09 Å². The zero-order valence-electron chi connectivity index (χ0n) is 13.7. The first kappa shape index (κ1) is 16.1. The number of hydrogen-bond acceptors (Lipinski definition) is 3. The number of hydrogen-bond donors (Lipinski definition) is 1. The van der Waals surface area contributed by atoms with Crippen LogP contribution in [0.2, 0.25) is 0 Å². The maximum atomic E-state index is 14.5. The number of fused-ring (bicyclic) bond motifs is 1. The molecule has 0 aliphatic carbocycles. The third kappa shape index (κ3) is 3.11. The number of nitrogens with one attached hydrogen (secondary N) is 1. The molecule has 0 saturated heterocycles. The van der Waals surface area contributed by atoms with Gasteiger partial charge in [0.15, 0.2) is 0 Å². The normalized spacial score (nSPS) is 14.2. The molecule has 5 heteroatoms. The first-order valence-corrected chi connectivity index (χ1v) is 7.75. The first-order chi connectivity index (χ1) is 11.6. The highest BCUT2D eigenvalue weighted by molar-refractivity contribution is 5.90. The highest BCUT2D eigenvalue weighted by Gasteiger charge is 2.26. The molecule has 1 aliphatic rings. The third-order valence-electron chi connectivity index (χ3n) is 4.05. The van der Waals surface area contributed by atoms with Crippen molar-refractivity contribution in [2.75, 3.05) is 11.9 Å². The molecule has 3 rings (SSSR count). The quantitative estimate of drug-likeness (QED) is 0.921. The van der Waals surface area contributed by atoms with Gasteiger partial charge in [-0.05, 0) is 36.4 Å². The van der Waals surface area contributed by atoms with Gasteiger partial charge in [0.1, 0.15) is 12.4 Å². The van der Waals surface area contributed by atoms with E-state index in [0.29, 0.717) is 5.56 Å². The Morgan fingerprint density at radius 2 is 2.12 bits per heavy atom. The highest BCUT2D eigenvalue weighted by atomic mass is 19.1. The number of carbonyl (C=O) groups is 1. The predicted molar refractivity (Wildman–Crippen MR) is 91.9 cm³/mol. The second-order valence-corrected chi connectivity index (χ2v) is 5.69. The van der Waals surface area contributed by atoms with Crippen molar-refractivity contribution < 1.29 is 13.9 Å². The molecule has 1 heterocycles. The lowest BCUT2D eigenvalue weighted by molar-refractivity contribution is 0.141. The lowest BCUT2D eigenvalue weighted by Crippen LogP contribution is -2.35. The number of benzene rings is 2. The van der Waals surface area contributed by atoms with Crippen molar-refractivity contribution in [3.63, 3.8) is 0 Å². The lowest BCUT2D eigenvalue weighted by atomic mass is 10.0. The summed E-state index contributed by atoms with van der Waals surface area (Å²) >= 11 is 0. The van der Waals surface area contributed by atoms with Gasteiger partial charge in [0, 0.05) is 18.2 Å². The molecule has 0 atom stereocenters. The van der Waals surface area contributed by atoms with E-state index in [-0.39, 0.29) is 19.0 Å². The van der Waals surface area contributed by atoms with Crippen LogP contribution in [0.1, 0.15) is 23.6 Å². The van der Waals surface area contributed by atoms with Gasteiger partial charge in [-0.3, -0.25) is 4.90 Å². The van der Waals surface area contributed by atoms with Gasteiger partial charge in [0.25, 0.3) is 0 Å². The summed E-state index contributed by atoms with van der Waals surface area (Å²) in [4.78, 5) is 13.6. The zero-order chi connectivity index (χ0) is 17.1. The number of amides is 1. The SMILES string of the molecule is CN/C=C(\C)c1ccc(CN2C(=O)OCc3ccccc32)c(F)c1. The molecule has 0 unspecified atom stereocenters. The molecule has 4 nitrogen and oxygen atoms in total. The average Bonchev–Trinajstić information content (AvgIpc) is 2.59. The van der Waals surface area contributed by atoms with Crippen molar-refractivity contribution >= 4 is 17.4 Å². The Hall–Kier alpha value is -2.82. The summed E-state index contributed by atoms with van der Waals surface area (Å²) in [6, 6.07) is 12.5. The molecule has 0 spiro atoms. The van der Waals surface area contributed by atoms with Gasteiger partial charge in [-0.15, -0.1) is 0 Å². The minimum absolute atomic E-state index is 0.136. The topological polar surface area (TPSA) is 41.6 Å². The van der Waals surface area contributed by atoms with Gasteiger partial charge in [-0.25, -0.2) is 9.18 Å². The van der Waals surface area contributed by atoms with Crippen LogP contribution in [0.3, 0.4) is 0 Å². The second kappa shape index (κ2) is 6.74. The number of cyclic esters (lactones) is 1. The Morgan fingerprint density at radius 1 is 1.33 bits per heavy atom. The van der Waals surface area contributed by atoms with Crippen LogP contribution in [0.4, 0.5) is 14.9 Å². The fourth-order valence-corrected chi connectivity index (χ4v) is 2.75. The lowest BCUT2D eigenvalue weighted by Gasteiger charge is -2.29. The Balaban J connectivity index is 1.89. The number of carbonyl (C=O) groups excluding carboxylic acids is 1. The van der Waals surface area contributed by atoms with E-state index in [4.69, 9.17) is 4.74 Å². The second-order valence-electron chi connectivity index (χ2n) is 5.69. The van der Waals surface area contributed by atoms with Crippen molar-refractivity contribution in [3.05, 3.63) is 71.2 Å². The minimum Gasteiger partial charge on any atom is -0.444 e. The number of nitrogens with zero attached hydrogens (tertiary/aromatic N) is 1. The summed E-state index contributed by atoms with van der Waals surface area (Å²) in [6.07, 6.45) is 1.36. The van der Waals surface area contributed by atoms with Gasteiger partial charge < -0.3 is 10.1 Å². The van der Waals surface area contributed by atoms with Crippen LogP contribution in [-0.4, -0.2) is 13.1 Å². The molecule has 2 aromatic rings. The predicted octanol–water partition coefficient (Wildman–Crippen LogP) is 4.06. The molecule has 24 heavy (non-hydrogen) atoms. The molecule has 0 bridgehead atoms. The van der Waals surface area contributed by atoms with Gasteiger partial charge in [0.2, 0.25) is 0 Å². The molecule has 0 saturated carbocycles. The standard InChI is InChI=1S/C19H19FN2O2/c1-13(10-21-2)14-7-8-15(17(20)9-14)11-22-18-6-4-3-5-16(18)12-24-19(22)23/h3-10,21H,11-12H2,1-2H3/b13-10+. The van der Waals surface area contributed by atoms with E-state index in [1.807, 2.05) is 43.5 Å². The van der Waals surface area contributed by atoms with Crippen molar-refractivity contribution in [2.45, 2.75) is 20.1 Å². The van der Waals surface area contributed by atoms with E-state index in [9.17, 15) is 9.18 Å². The summed E-state index contributed by atoms with van der Waals surface area (Å²) in [5.41, 5.74) is 3.87. The summed E-state index contributed by atoms with van der Waals surface area (Å²) in [5.74, 6) is -0.341. The number of ether oxygens (including phenoxy) is 1. The molecule has 1 aliphatic heterocycles. The van der Waals surface area contributed by atoms with E-state index in [0.717, 1.165) is 22.4 Å². The van der Waals surface area contributed by atoms with Crippen LogP contribution >= 0.6 is 0 Å². The number of anilines is 1. The average molecular weight is 326 g/mol. The molecule has 1 N–H and O–H groups in total. The van der Waals surface area contributed by atoms with Crippen LogP contribution < -0.4 is 10.2 Å². The largest absolute Gasteiger partial charge is 0.444 e. The van der Waals surface area contributed by atoms with Gasteiger partial charge in [-0.2, -0.15) is 0 Å². The maximum absolute atomic E-state index is 14.5. The molecule has 2 aromatic carbocycles. The third-order valence-corrected chi connectivity index (χ3v) is 4.05. The molecule has 124 valence electrons. The fraction of sp³-hybridized carbons (Fsp3) is 0.211. The molecular weight excluding hydrogens is 307 g/mol. The van der Waals surface area contributed by atoms with Crippen molar-refractivity contribution in [1.29, 1.82) is 0 Å². The summed E-state index contributed by atoms with van der Waals surface area (Å²) in [7, 11) is 1.80. The van der Waals surface area contributed by atoms with Crippen LogP contribution in [-0.2, 0) is 17.9 Å². The highest BCUT2D eigenvalue weighted by Crippen LogP contribution is 2.29. The molecular formula is C19H19FN2O2. The smallest absolute Gasteiger partial charge is 0.414 e. The van der Waals surface area contributed by atoms with Crippen LogP contribution in [0.5, 0.6) is 0 Å². The van der Waals surface area contributed by atoms with E-state index in [1.165, 1.54) is 11.0 Å². The molecule has 0 aromatic heterocycles.